The van der Waals surface area contributed by atoms with E-state index >= 15 is 0 Å². The van der Waals surface area contributed by atoms with Crippen LogP contribution in [0, 0.1) is 0 Å². The summed E-state index contributed by atoms with van der Waals surface area (Å²) < 4.78 is 2.45. The monoisotopic (exact) mass is 367 g/mol. The lowest BCUT2D eigenvalue weighted by Gasteiger charge is -2.04. The van der Waals surface area contributed by atoms with E-state index in [1.807, 2.05) is 30.3 Å². The van der Waals surface area contributed by atoms with E-state index in [0.717, 1.165) is 10.2 Å². The SMILES string of the molecule is O=C(Cn1nc2c3ccc(Cl)cc3ncn2c1=O)NCc1ccccc1. The van der Waals surface area contributed by atoms with E-state index in [-0.39, 0.29) is 12.5 Å². The van der Waals surface area contributed by atoms with Crippen LogP contribution < -0.4 is 11.0 Å². The number of hydrogen-bond donors (Lipinski definition) is 1. The van der Waals surface area contributed by atoms with Gasteiger partial charge in [0.1, 0.15) is 12.9 Å². The van der Waals surface area contributed by atoms with Crippen LogP contribution in [0.3, 0.4) is 0 Å². The number of carbonyl (C=O) groups excluding carboxylic acids is 1. The Morgan fingerprint density at radius 1 is 1.15 bits per heavy atom. The lowest BCUT2D eigenvalue weighted by molar-refractivity contribution is -0.122. The molecule has 0 aliphatic heterocycles. The fourth-order valence-electron chi connectivity index (χ4n) is 2.72. The maximum absolute atomic E-state index is 12.5. The van der Waals surface area contributed by atoms with Crippen molar-refractivity contribution in [3.05, 3.63) is 75.9 Å². The number of nitrogens with zero attached hydrogens (tertiary/aromatic N) is 4. The number of aromatic nitrogens is 4. The second-order valence-corrected chi connectivity index (χ2v) is 6.24. The van der Waals surface area contributed by atoms with Gasteiger partial charge in [0, 0.05) is 17.0 Å². The summed E-state index contributed by atoms with van der Waals surface area (Å²) >= 11 is 5.97. The number of halogens is 1. The highest BCUT2D eigenvalue weighted by Gasteiger charge is 2.13. The van der Waals surface area contributed by atoms with E-state index in [1.54, 1.807) is 18.2 Å². The number of fused-ring (bicyclic) bond motifs is 3. The minimum absolute atomic E-state index is 0.164. The molecule has 1 N–H and O–H groups in total. The van der Waals surface area contributed by atoms with E-state index in [9.17, 15) is 9.59 Å². The fourth-order valence-corrected chi connectivity index (χ4v) is 2.89. The van der Waals surface area contributed by atoms with Gasteiger partial charge in [-0.05, 0) is 23.8 Å². The minimum Gasteiger partial charge on any atom is -0.350 e. The topological polar surface area (TPSA) is 81.3 Å². The Kier molecular flexibility index (Phi) is 4.14. The summed E-state index contributed by atoms with van der Waals surface area (Å²) in [6.45, 7) is 0.229. The van der Waals surface area contributed by atoms with E-state index in [0.29, 0.717) is 28.1 Å². The van der Waals surface area contributed by atoms with Gasteiger partial charge < -0.3 is 5.32 Å². The van der Waals surface area contributed by atoms with Crippen molar-refractivity contribution in [1.29, 1.82) is 0 Å². The van der Waals surface area contributed by atoms with Gasteiger partial charge in [-0.15, -0.1) is 5.10 Å². The summed E-state index contributed by atoms with van der Waals surface area (Å²) in [7, 11) is 0. The molecule has 0 radical (unpaired) electrons. The molecule has 0 spiro atoms. The number of benzene rings is 2. The van der Waals surface area contributed by atoms with Crippen molar-refractivity contribution in [2.75, 3.05) is 0 Å². The maximum atomic E-state index is 12.5. The van der Waals surface area contributed by atoms with Gasteiger partial charge in [-0.2, -0.15) is 0 Å². The third kappa shape index (κ3) is 3.04. The fraction of sp³-hybridized carbons (Fsp3) is 0.111. The molecule has 0 fully saturated rings. The van der Waals surface area contributed by atoms with E-state index < -0.39 is 5.69 Å². The molecule has 2 aromatic heterocycles. The molecule has 8 heteroatoms. The quantitative estimate of drug-likeness (QED) is 0.598. The first-order valence-corrected chi connectivity index (χ1v) is 8.34. The van der Waals surface area contributed by atoms with Gasteiger partial charge in [0.05, 0.1) is 5.52 Å². The van der Waals surface area contributed by atoms with Crippen molar-refractivity contribution >= 4 is 34.1 Å². The molecule has 0 atom stereocenters. The summed E-state index contributed by atoms with van der Waals surface area (Å²) in [5.41, 5.74) is 1.64. The molecule has 26 heavy (non-hydrogen) atoms. The number of rotatable bonds is 4. The van der Waals surface area contributed by atoms with E-state index in [2.05, 4.69) is 15.4 Å². The molecule has 4 rings (SSSR count). The minimum atomic E-state index is -0.417. The highest BCUT2D eigenvalue weighted by Crippen LogP contribution is 2.19. The summed E-state index contributed by atoms with van der Waals surface area (Å²) in [6.07, 6.45) is 1.39. The zero-order chi connectivity index (χ0) is 18.1. The molecule has 2 heterocycles. The molecule has 2 aromatic carbocycles. The summed E-state index contributed by atoms with van der Waals surface area (Å²) in [5, 5.41) is 8.32. The third-order valence-corrected chi connectivity index (χ3v) is 4.24. The molecule has 130 valence electrons. The first-order valence-electron chi connectivity index (χ1n) is 7.96. The van der Waals surface area contributed by atoms with Gasteiger partial charge in [-0.25, -0.2) is 18.9 Å². The van der Waals surface area contributed by atoms with Crippen LogP contribution in [0.4, 0.5) is 0 Å². The average Bonchev–Trinajstić information content (AvgIpc) is 2.96. The highest BCUT2D eigenvalue weighted by molar-refractivity contribution is 6.31. The normalized spacial score (nSPS) is 11.1. The number of carbonyl (C=O) groups is 1. The number of amides is 1. The van der Waals surface area contributed by atoms with Crippen LogP contribution in [0.5, 0.6) is 0 Å². The van der Waals surface area contributed by atoms with E-state index in [4.69, 9.17) is 11.6 Å². The largest absolute Gasteiger partial charge is 0.352 e. The van der Waals surface area contributed by atoms with Crippen molar-refractivity contribution < 1.29 is 4.79 Å². The Hall–Kier alpha value is -3.19. The van der Waals surface area contributed by atoms with Crippen LogP contribution >= 0.6 is 11.6 Å². The molecule has 1 amide bonds. The Morgan fingerprint density at radius 3 is 2.77 bits per heavy atom. The number of nitrogens with one attached hydrogen (secondary N) is 1. The van der Waals surface area contributed by atoms with Gasteiger partial charge in [0.15, 0.2) is 5.65 Å². The molecule has 7 nitrogen and oxygen atoms in total. The zero-order valence-electron chi connectivity index (χ0n) is 13.6. The average molecular weight is 368 g/mol. The van der Waals surface area contributed by atoms with Crippen LogP contribution in [0.1, 0.15) is 5.56 Å². The van der Waals surface area contributed by atoms with Gasteiger partial charge in [-0.1, -0.05) is 41.9 Å². The Bertz CT molecular complexity index is 1170. The van der Waals surface area contributed by atoms with Gasteiger partial charge in [0.25, 0.3) is 0 Å². The molecule has 0 saturated carbocycles. The number of hydrogen-bond acceptors (Lipinski definition) is 4. The van der Waals surface area contributed by atoms with E-state index in [1.165, 1.54) is 10.7 Å². The molecule has 0 aliphatic carbocycles. The first kappa shape index (κ1) is 16.3. The molecule has 0 saturated heterocycles. The zero-order valence-corrected chi connectivity index (χ0v) is 14.3. The van der Waals surface area contributed by atoms with Crippen molar-refractivity contribution in [3.63, 3.8) is 0 Å². The predicted octanol–water partition coefficient (Wildman–Crippen LogP) is 2.01. The smallest absolute Gasteiger partial charge is 0.350 e. The Labute approximate surface area is 152 Å². The predicted molar refractivity (Wildman–Crippen MR) is 98.1 cm³/mol. The highest BCUT2D eigenvalue weighted by atomic mass is 35.5. The molecule has 0 unspecified atom stereocenters. The molecule has 0 bridgehead atoms. The van der Waals surface area contributed by atoms with Crippen LogP contribution in [0.25, 0.3) is 16.6 Å². The second-order valence-electron chi connectivity index (χ2n) is 5.80. The second kappa shape index (κ2) is 6.61. The molecular weight excluding hydrogens is 354 g/mol. The lowest BCUT2D eigenvalue weighted by Crippen LogP contribution is -2.32. The van der Waals surface area contributed by atoms with Crippen molar-refractivity contribution in [1.82, 2.24) is 24.5 Å². The van der Waals surface area contributed by atoms with Crippen molar-refractivity contribution in [2.45, 2.75) is 13.1 Å². The van der Waals surface area contributed by atoms with Crippen LogP contribution in [0.15, 0.2) is 59.7 Å². The first-order chi connectivity index (χ1) is 12.6. The van der Waals surface area contributed by atoms with Crippen LogP contribution in [-0.4, -0.2) is 25.1 Å². The van der Waals surface area contributed by atoms with Crippen LogP contribution in [-0.2, 0) is 17.9 Å². The lowest BCUT2D eigenvalue weighted by atomic mass is 10.2. The van der Waals surface area contributed by atoms with Gasteiger partial charge in [-0.3, -0.25) is 4.79 Å². The van der Waals surface area contributed by atoms with Crippen molar-refractivity contribution in [3.8, 4) is 0 Å². The Morgan fingerprint density at radius 2 is 1.96 bits per heavy atom. The van der Waals surface area contributed by atoms with Gasteiger partial charge >= 0.3 is 5.69 Å². The standard InChI is InChI=1S/C18H14ClN5O2/c19-13-6-7-14-15(8-13)21-11-23-17(14)22-24(18(23)26)10-16(25)20-9-12-4-2-1-3-5-12/h1-8,11H,9-10H2,(H,20,25). The molecule has 4 aromatic rings. The summed E-state index contributed by atoms with van der Waals surface area (Å²) in [4.78, 5) is 28.9. The Balaban J connectivity index is 1.60. The van der Waals surface area contributed by atoms with Gasteiger partial charge in [0.2, 0.25) is 5.91 Å². The van der Waals surface area contributed by atoms with Crippen molar-refractivity contribution in [2.24, 2.45) is 0 Å². The third-order valence-electron chi connectivity index (χ3n) is 4.01. The van der Waals surface area contributed by atoms with Crippen LogP contribution in [0.2, 0.25) is 5.02 Å². The summed E-state index contributed by atoms with van der Waals surface area (Å²) in [6, 6.07) is 14.7. The molecule has 0 aliphatic rings. The summed E-state index contributed by atoms with van der Waals surface area (Å²) in [5.74, 6) is -0.292. The molecular formula is C18H14ClN5O2. The maximum Gasteiger partial charge on any atom is 0.352 e.